The van der Waals surface area contributed by atoms with Gasteiger partial charge >= 0.3 is 5.69 Å². The van der Waals surface area contributed by atoms with E-state index in [-0.39, 0.29) is 11.2 Å². The van der Waals surface area contributed by atoms with Crippen molar-refractivity contribution in [2.75, 3.05) is 0 Å². The molecule has 5 nitrogen and oxygen atoms in total. The van der Waals surface area contributed by atoms with Crippen molar-refractivity contribution >= 4 is 11.0 Å². The molecule has 0 saturated carbocycles. The monoisotopic (exact) mass is 249 g/mol. The molecule has 0 bridgehead atoms. The van der Waals surface area contributed by atoms with Crippen molar-refractivity contribution in [3.63, 3.8) is 0 Å². The predicted octanol–water partition coefficient (Wildman–Crippen LogP) is 1.32. The Hall–Kier alpha value is -1.78. The first kappa shape index (κ1) is 12.7. The summed E-state index contributed by atoms with van der Waals surface area (Å²) < 4.78 is 4.82. The van der Waals surface area contributed by atoms with Crippen LogP contribution in [0.1, 0.15) is 26.7 Å². The first-order valence-corrected chi connectivity index (χ1v) is 6.40. The first-order chi connectivity index (χ1) is 8.61. The highest BCUT2D eigenvalue weighted by molar-refractivity contribution is 5.75. The molecule has 0 amide bonds. The predicted molar refractivity (Wildman–Crippen MR) is 72.0 cm³/mol. The molecule has 0 unspecified atom stereocenters. The van der Waals surface area contributed by atoms with Crippen molar-refractivity contribution in [2.24, 2.45) is 7.05 Å². The highest BCUT2D eigenvalue weighted by Gasteiger charge is 2.13. The Morgan fingerprint density at radius 2 is 1.78 bits per heavy atom. The van der Waals surface area contributed by atoms with Gasteiger partial charge < -0.3 is 4.57 Å². The third kappa shape index (κ3) is 1.79. The van der Waals surface area contributed by atoms with Crippen LogP contribution < -0.4 is 11.2 Å². The number of aromatic nitrogens is 3. The fraction of sp³-hybridized carbons (Fsp3) is 0.538. The second kappa shape index (κ2) is 4.84. The number of hydrogen-bond acceptors (Lipinski definition) is 2. The molecule has 0 atom stereocenters. The standard InChI is InChI=1S/C13H19N3O2/c1-4-7-15-9-6-10-11(15)12(17)14(3)13(18)16(10)8-5-2/h6,9H,4-5,7-8H2,1-3H3. The molecular formula is C13H19N3O2. The number of nitrogens with zero attached hydrogens (tertiary/aromatic N) is 3. The van der Waals surface area contributed by atoms with Gasteiger partial charge in [0.1, 0.15) is 5.52 Å². The highest BCUT2D eigenvalue weighted by Crippen LogP contribution is 2.11. The molecule has 0 saturated heterocycles. The van der Waals surface area contributed by atoms with Crippen LogP contribution in [0.15, 0.2) is 21.9 Å². The van der Waals surface area contributed by atoms with Crippen LogP contribution in [0.25, 0.3) is 11.0 Å². The maximum Gasteiger partial charge on any atom is 0.331 e. The van der Waals surface area contributed by atoms with Gasteiger partial charge in [0.15, 0.2) is 0 Å². The minimum Gasteiger partial charge on any atom is -0.342 e. The lowest BCUT2D eigenvalue weighted by Gasteiger charge is -2.10. The van der Waals surface area contributed by atoms with Gasteiger partial charge in [0, 0.05) is 26.3 Å². The van der Waals surface area contributed by atoms with Crippen LogP contribution in [0.5, 0.6) is 0 Å². The maximum absolute atomic E-state index is 12.2. The lowest BCUT2D eigenvalue weighted by molar-refractivity contribution is 0.610. The Kier molecular flexibility index (Phi) is 3.41. The molecule has 2 aromatic rings. The summed E-state index contributed by atoms with van der Waals surface area (Å²) >= 11 is 0. The summed E-state index contributed by atoms with van der Waals surface area (Å²) in [5.74, 6) is 0. The zero-order chi connectivity index (χ0) is 13.3. The summed E-state index contributed by atoms with van der Waals surface area (Å²) in [5, 5.41) is 0. The molecule has 5 heteroatoms. The Labute approximate surface area is 105 Å². The fourth-order valence-electron chi connectivity index (χ4n) is 2.31. The minimum absolute atomic E-state index is 0.208. The average molecular weight is 249 g/mol. The quantitative estimate of drug-likeness (QED) is 0.820. The van der Waals surface area contributed by atoms with Gasteiger partial charge in [-0.2, -0.15) is 0 Å². The van der Waals surface area contributed by atoms with Crippen LogP contribution in [0.3, 0.4) is 0 Å². The van der Waals surface area contributed by atoms with E-state index in [1.54, 1.807) is 11.6 Å². The largest absolute Gasteiger partial charge is 0.342 e. The number of rotatable bonds is 4. The van der Waals surface area contributed by atoms with E-state index in [0.717, 1.165) is 24.9 Å². The topological polar surface area (TPSA) is 48.9 Å². The first-order valence-electron chi connectivity index (χ1n) is 6.40. The van der Waals surface area contributed by atoms with Gasteiger partial charge in [-0.1, -0.05) is 13.8 Å². The maximum atomic E-state index is 12.2. The molecule has 0 spiro atoms. The van der Waals surface area contributed by atoms with E-state index in [2.05, 4.69) is 6.92 Å². The van der Waals surface area contributed by atoms with E-state index >= 15 is 0 Å². The summed E-state index contributed by atoms with van der Waals surface area (Å²) in [5.41, 5.74) is 0.940. The SMILES string of the molecule is CCCn1ccc2c1c(=O)n(C)c(=O)n2CCC. The van der Waals surface area contributed by atoms with E-state index in [9.17, 15) is 9.59 Å². The van der Waals surface area contributed by atoms with E-state index in [1.807, 2.05) is 23.8 Å². The summed E-state index contributed by atoms with van der Waals surface area (Å²) in [6, 6.07) is 1.86. The summed E-state index contributed by atoms with van der Waals surface area (Å²) in [6.45, 7) is 5.52. The van der Waals surface area contributed by atoms with Crippen molar-refractivity contribution < 1.29 is 0 Å². The molecule has 2 heterocycles. The van der Waals surface area contributed by atoms with Gasteiger partial charge in [0.2, 0.25) is 0 Å². The van der Waals surface area contributed by atoms with Gasteiger partial charge in [-0.25, -0.2) is 4.79 Å². The van der Waals surface area contributed by atoms with Gasteiger partial charge in [-0.05, 0) is 18.9 Å². The van der Waals surface area contributed by atoms with Crippen LogP contribution >= 0.6 is 0 Å². The zero-order valence-corrected chi connectivity index (χ0v) is 11.1. The molecule has 2 rings (SSSR count). The van der Waals surface area contributed by atoms with Crippen LogP contribution in [0.4, 0.5) is 0 Å². The number of fused-ring (bicyclic) bond motifs is 1. The third-order valence-corrected chi connectivity index (χ3v) is 3.17. The van der Waals surface area contributed by atoms with Gasteiger partial charge in [0.05, 0.1) is 5.52 Å². The van der Waals surface area contributed by atoms with E-state index in [4.69, 9.17) is 0 Å². The molecule has 0 aliphatic rings. The Morgan fingerprint density at radius 1 is 1.11 bits per heavy atom. The molecule has 0 N–H and O–H groups in total. The van der Waals surface area contributed by atoms with E-state index in [1.165, 1.54) is 4.57 Å². The normalized spacial score (nSPS) is 11.3. The molecule has 2 aromatic heterocycles. The zero-order valence-electron chi connectivity index (χ0n) is 11.1. The Balaban J connectivity index is 2.86. The van der Waals surface area contributed by atoms with E-state index < -0.39 is 0 Å². The molecule has 0 aromatic carbocycles. The van der Waals surface area contributed by atoms with Crippen molar-refractivity contribution in [2.45, 2.75) is 39.8 Å². The Morgan fingerprint density at radius 3 is 2.39 bits per heavy atom. The summed E-state index contributed by atoms with van der Waals surface area (Å²) in [6.07, 6.45) is 3.72. The van der Waals surface area contributed by atoms with Crippen molar-refractivity contribution in [3.8, 4) is 0 Å². The second-order valence-electron chi connectivity index (χ2n) is 4.54. The van der Waals surface area contributed by atoms with Gasteiger partial charge in [-0.15, -0.1) is 0 Å². The molecule has 98 valence electrons. The highest BCUT2D eigenvalue weighted by atomic mass is 16.2. The lowest BCUT2D eigenvalue weighted by atomic mass is 10.4. The smallest absolute Gasteiger partial charge is 0.331 e. The third-order valence-electron chi connectivity index (χ3n) is 3.17. The van der Waals surface area contributed by atoms with Crippen LogP contribution in [0, 0.1) is 0 Å². The van der Waals surface area contributed by atoms with Crippen molar-refractivity contribution in [1.29, 1.82) is 0 Å². The molecular weight excluding hydrogens is 230 g/mol. The van der Waals surface area contributed by atoms with Crippen molar-refractivity contribution in [3.05, 3.63) is 33.1 Å². The molecule has 0 fully saturated rings. The molecule has 0 radical (unpaired) electrons. The molecule has 0 aliphatic heterocycles. The lowest BCUT2D eigenvalue weighted by Crippen LogP contribution is -2.38. The summed E-state index contributed by atoms with van der Waals surface area (Å²) in [4.78, 5) is 24.3. The average Bonchev–Trinajstić information content (AvgIpc) is 2.76. The number of aryl methyl sites for hydroxylation is 2. The second-order valence-corrected chi connectivity index (χ2v) is 4.54. The van der Waals surface area contributed by atoms with Crippen LogP contribution in [0.2, 0.25) is 0 Å². The van der Waals surface area contributed by atoms with Gasteiger partial charge in [-0.3, -0.25) is 13.9 Å². The van der Waals surface area contributed by atoms with E-state index in [0.29, 0.717) is 12.1 Å². The molecule has 18 heavy (non-hydrogen) atoms. The van der Waals surface area contributed by atoms with Crippen molar-refractivity contribution in [1.82, 2.24) is 13.7 Å². The number of hydrogen-bond donors (Lipinski definition) is 0. The van der Waals surface area contributed by atoms with Crippen LogP contribution in [-0.4, -0.2) is 13.7 Å². The molecule has 0 aliphatic carbocycles. The minimum atomic E-state index is -0.233. The fourth-order valence-corrected chi connectivity index (χ4v) is 2.31. The van der Waals surface area contributed by atoms with Gasteiger partial charge in [0.25, 0.3) is 5.56 Å². The summed E-state index contributed by atoms with van der Waals surface area (Å²) in [7, 11) is 1.54. The Bertz CT molecular complexity index is 676. The van der Waals surface area contributed by atoms with Crippen LogP contribution in [-0.2, 0) is 20.1 Å².